The minimum atomic E-state index is -1.41. The molecule has 2 aromatic carbocycles. The van der Waals surface area contributed by atoms with Crippen molar-refractivity contribution in [2.24, 2.45) is 5.73 Å². The number of hydrogen-bond donors (Lipinski definition) is 4. The summed E-state index contributed by atoms with van der Waals surface area (Å²) in [4.78, 5) is 20.6. The number of aliphatic carboxylic acids is 2. The van der Waals surface area contributed by atoms with Crippen molar-refractivity contribution in [3.05, 3.63) is 71.8 Å². The molecule has 6 nitrogen and oxygen atoms in total. The lowest BCUT2D eigenvalue weighted by molar-refractivity contribution is -0.147. The fourth-order valence-corrected chi connectivity index (χ4v) is 1.73. The largest absolute Gasteiger partial charge is 0.480 e. The maximum Gasteiger partial charge on any atom is 0.337 e. The van der Waals surface area contributed by atoms with Gasteiger partial charge < -0.3 is 21.1 Å². The molecule has 0 radical (unpaired) electrons. The summed E-state index contributed by atoms with van der Waals surface area (Å²) in [5.41, 5.74) is 6.70. The lowest BCUT2D eigenvalue weighted by Crippen LogP contribution is -2.32. The second kappa shape index (κ2) is 9.34. The van der Waals surface area contributed by atoms with E-state index in [-0.39, 0.29) is 0 Å². The lowest BCUT2D eigenvalue weighted by Gasteiger charge is -2.04. The molecule has 2 aromatic rings. The van der Waals surface area contributed by atoms with Crippen molar-refractivity contribution in [2.45, 2.75) is 18.6 Å². The highest BCUT2D eigenvalue weighted by atomic mass is 16.4. The van der Waals surface area contributed by atoms with Crippen LogP contribution in [0.5, 0.6) is 0 Å². The van der Waals surface area contributed by atoms with Crippen LogP contribution in [0, 0.1) is 0 Å². The van der Waals surface area contributed by atoms with Crippen molar-refractivity contribution < 1.29 is 24.9 Å². The summed E-state index contributed by atoms with van der Waals surface area (Å²) in [6.45, 7) is 0. The number of carboxylic acids is 2. The second-order valence-corrected chi connectivity index (χ2v) is 4.79. The lowest BCUT2D eigenvalue weighted by atomic mass is 10.1. The highest BCUT2D eigenvalue weighted by Gasteiger charge is 2.14. The van der Waals surface area contributed by atoms with Crippen molar-refractivity contribution in [3.8, 4) is 0 Å². The molecule has 0 spiro atoms. The number of nitrogens with two attached hydrogens (primary N) is 1. The minimum absolute atomic E-state index is 0.385. The van der Waals surface area contributed by atoms with Crippen molar-refractivity contribution in [1.29, 1.82) is 0 Å². The SMILES string of the molecule is N[C@H](Cc1ccccc1)C(=O)O.O=C(O)[C@H](O)c1ccccc1. The molecule has 6 heteroatoms. The van der Waals surface area contributed by atoms with Gasteiger partial charge in [0.25, 0.3) is 0 Å². The Kier molecular flexibility index (Phi) is 7.45. The minimum Gasteiger partial charge on any atom is -0.480 e. The van der Waals surface area contributed by atoms with Crippen LogP contribution in [0.25, 0.3) is 0 Å². The molecular weight excluding hydrogens is 298 g/mol. The van der Waals surface area contributed by atoms with E-state index in [1.54, 1.807) is 30.3 Å². The summed E-state index contributed by atoms with van der Waals surface area (Å²) >= 11 is 0. The van der Waals surface area contributed by atoms with Crippen LogP contribution in [0.3, 0.4) is 0 Å². The first kappa shape index (κ1) is 18.3. The smallest absolute Gasteiger partial charge is 0.337 e. The highest BCUT2D eigenvalue weighted by Crippen LogP contribution is 2.10. The summed E-state index contributed by atoms with van der Waals surface area (Å²) in [7, 11) is 0. The highest BCUT2D eigenvalue weighted by molar-refractivity contribution is 5.74. The van der Waals surface area contributed by atoms with Gasteiger partial charge in [0.1, 0.15) is 6.04 Å². The normalized spacial score (nSPS) is 12.4. The van der Waals surface area contributed by atoms with E-state index in [2.05, 4.69) is 0 Å². The predicted octanol–water partition coefficient (Wildman–Crippen LogP) is 1.45. The standard InChI is InChI=1S/C9H11NO2.C8H8O3/c10-8(9(11)12)6-7-4-2-1-3-5-7;9-7(8(10)11)6-4-2-1-3-5-6/h1-5,8H,6,10H2,(H,11,12);1-5,7,9H,(H,10,11)/t8-;7-/m11/s1. The Balaban J connectivity index is 0.000000231. The molecule has 122 valence electrons. The molecule has 2 atom stereocenters. The third-order valence-electron chi connectivity index (χ3n) is 2.96. The molecular formula is C17H19NO5. The Bertz CT molecular complexity index is 615. The van der Waals surface area contributed by atoms with Gasteiger partial charge in [-0.1, -0.05) is 60.7 Å². The zero-order valence-electron chi connectivity index (χ0n) is 12.4. The van der Waals surface area contributed by atoms with Crippen molar-refractivity contribution in [3.63, 3.8) is 0 Å². The first-order valence-electron chi connectivity index (χ1n) is 6.90. The van der Waals surface area contributed by atoms with Gasteiger partial charge in [0.2, 0.25) is 0 Å². The number of rotatable bonds is 5. The predicted molar refractivity (Wildman–Crippen MR) is 84.8 cm³/mol. The van der Waals surface area contributed by atoms with Gasteiger partial charge in [-0.2, -0.15) is 0 Å². The number of aliphatic hydroxyl groups excluding tert-OH is 1. The number of aliphatic hydroxyl groups is 1. The Hall–Kier alpha value is -2.70. The van der Waals surface area contributed by atoms with E-state index >= 15 is 0 Å². The zero-order valence-corrected chi connectivity index (χ0v) is 12.4. The summed E-state index contributed by atoms with van der Waals surface area (Å²) in [6, 6.07) is 16.8. The molecule has 2 rings (SSSR count). The van der Waals surface area contributed by atoms with Gasteiger partial charge >= 0.3 is 11.9 Å². The first-order chi connectivity index (χ1) is 10.9. The van der Waals surface area contributed by atoms with Crippen LogP contribution < -0.4 is 5.73 Å². The van der Waals surface area contributed by atoms with E-state index in [4.69, 9.17) is 21.1 Å². The quantitative estimate of drug-likeness (QED) is 0.662. The van der Waals surface area contributed by atoms with E-state index in [0.717, 1.165) is 5.56 Å². The summed E-state index contributed by atoms with van der Waals surface area (Å²) in [5, 5.41) is 25.9. The van der Waals surface area contributed by atoms with Crippen LogP contribution in [0.1, 0.15) is 17.2 Å². The Morgan fingerprint density at radius 1 is 0.870 bits per heavy atom. The van der Waals surface area contributed by atoms with Crippen LogP contribution in [-0.2, 0) is 16.0 Å². The topological polar surface area (TPSA) is 121 Å². The monoisotopic (exact) mass is 317 g/mol. The fourth-order valence-electron chi connectivity index (χ4n) is 1.73. The molecule has 0 fully saturated rings. The first-order valence-corrected chi connectivity index (χ1v) is 6.90. The van der Waals surface area contributed by atoms with Crippen LogP contribution in [0.15, 0.2) is 60.7 Å². The van der Waals surface area contributed by atoms with Gasteiger partial charge in [0, 0.05) is 0 Å². The molecule has 0 bridgehead atoms. The van der Waals surface area contributed by atoms with E-state index in [9.17, 15) is 9.59 Å². The Labute approximate surface area is 133 Å². The van der Waals surface area contributed by atoms with E-state index in [1.807, 2.05) is 30.3 Å². The van der Waals surface area contributed by atoms with Gasteiger partial charge in [-0.3, -0.25) is 4.79 Å². The van der Waals surface area contributed by atoms with Gasteiger partial charge in [-0.25, -0.2) is 4.79 Å². The maximum atomic E-state index is 10.4. The molecule has 23 heavy (non-hydrogen) atoms. The van der Waals surface area contributed by atoms with Crippen molar-refractivity contribution >= 4 is 11.9 Å². The van der Waals surface area contributed by atoms with Crippen LogP contribution >= 0.6 is 0 Å². The van der Waals surface area contributed by atoms with E-state index in [1.165, 1.54) is 0 Å². The fraction of sp³-hybridized carbons (Fsp3) is 0.176. The average molecular weight is 317 g/mol. The summed E-state index contributed by atoms with van der Waals surface area (Å²) in [6.07, 6.45) is -1.02. The van der Waals surface area contributed by atoms with Crippen molar-refractivity contribution in [1.82, 2.24) is 0 Å². The van der Waals surface area contributed by atoms with Gasteiger partial charge in [-0.15, -0.1) is 0 Å². The van der Waals surface area contributed by atoms with Crippen LogP contribution in [0.2, 0.25) is 0 Å². The third-order valence-corrected chi connectivity index (χ3v) is 2.96. The second-order valence-electron chi connectivity index (χ2n) is 4.79. The Morgan fingerprint density at radius 2 is 1.35 bits per heavy atom. The molecule has 0 amide bonds. The van der Waals surface area contributed by atoms with Crippen LogP contribution in [-0.4, -0.2) is 33.3 Å². The van der Waals surface area contributed by atoms with Crippen LogP contribution in [0.4, 0.5) is 0 Å². The van der Waals surface area contributed by atoms with E-state index < -0.39 is 24.1 Å². The molecule has 0 saturated heterocycles. The third kappa shape index (κ3) is 6.73. The van der Waals surface area contributed by atoms with Gasteiger partial charge in [0.15, 0.2) is 6.10 Å². The van der Waals surface area contributed by atoms with Crippen molar-refractivity contribution in [2.75, 3.05) is 0 Å². The number of benzene rings is 2. The molecule has 0 unspecified atom stereocenters. The van der Waals surface area contributed by atoms with Gasteiger partial charge in [0.05, 0.1) is 0 Å². The molecule has 0 heterocycles. The molecule has 0 aliphatic heterocycles. The summed E-state index contributed by atoms with van der Waals surface area (Å²) < 4.78 is 0. The number of carboxylic acid groups (broad SMARTS) is 2. The molecule has 5 N–H and O–H groups in total. The number of hydrogen-bond acceptors (Lipinski definition) is 4. The Morgan fingerprint density at radius 3 is 1.78 bits per heavy atom. The zero-order chi connectivity index (χ0) is 17.2. The van der Waals surface area contributed by atoms with Gasteiger partial charge in [-0.05, 0) is 17.5 Å². The maximum absolute atomic E-state index is 10.4. The van der Waals surface area contributed by atoms with E-state index in [0.29, 0.717) is 12.0 Å². The molecule has 0 saturated carbocycles. The molecule has 0 aliphatic carbocycles. The molecule has 0 aliphatic rings. The average Bonchev–Trinajstić information content (AvgIpc) is 2.56. The molecule has 0 aromatic heterocycles. The summed E-state index contributed by atoms with van der Waals surface area (Å²) in [5.74, 6) is -2.19. The number of carbonyl (C=O) groups is 2.